The predicted molar refractivity (Wildman–Crippen MR) is 33.3 cm³/mol. The molecule has 0 saturated carbocycles. The lowest BCUT2D eigenvalue weighted by Crippen LogP contribution is -2.37. The van der Waals surface area contributed by atoms with Crippen molar-refractivity contribution in [3.05, 3.63) is 0 Å². The Labute approximate surface area is 67.1 Å². The van der Waals surface area contributed by atoms with Crippen LogP contribution in [0.2, 0.25) is 0 Å². The van der Waals surface area contributed by atoms with Gasteiger partial charge < -0.3 is 9.84 Å². The van der Waals surface area contributed by atoms with Crippen molar-refractivity contribution in [1.82, 2.24) is 0 Å². The Morgan fingerprint density at radius 3 is 2.42 bits per heavy atom. The first-order valence-corrected chi connectivity index (χ1v) is 3.31. The number of esters is 1. The standard InChI is InChI=1S/C6H9F3O3/c1-2-3-12-5(11)4(10)6(7,8)9/h4,10H,2-3H2,1H3. The molecule has 0 fully saturated rings. The maximum absolute atomic E-state index is 11.6. The average Bonchev–Trinajstić information content (AvgIpc) is 1.97. The first kappa shape index (κ1) is 11.2. The number of ether oxygens (including phenoxy) is 1. The van der Waals surface area contributed by atoms with Gasteiger partial charge in [0.15, 0.2) is 0 Å². The molecule has 0 amide bonds. The van der Waals surface area contributed by atoms with Gasteiger partial charge in [-0.1, -0.05) is 6.92 Å². The van der Waals surface area contributed by atoms with Crippen LogP contribution in [0.5, 0.6) is 0 Å². The van der Waals surface area contributed by atoms with Crippen LogP contribution in [-0.2, 0) is 9.53 Å². The zero-order chi connectivity index (χ0) is 9.78. The zero-order valence-corrected chi connectivity index (χ0v) is 6.39. The van der Waals surface area contributed by atoms with Crippen molar-refractivity contribution in [1.29, 1.82) is 0 Å². The predicted octanol–water partition coefficient (Wildman–Crippen LogP) is 0.863. The van der Waals surface area contributed by atoms with Crippen LogP contribution in [0, 0.1) is 0 Å². The summed E-state index contributed by atoms with van der Waals surface area (Å²) in [4.78, 5) is 10.4. The van der Waals surface area contributed by atoms with E-state index in [1.54, 1.807) is 6.92 Å². The van der Waals surface area contributed by atoms with Gasteiger partial charge in [0.1, 0.15) is 0 Å². The third kappa shape index (κ3) is 3.56. The molecule has 0 aliphatic rings. The highest BCUT2D eigenvalue weighted by molar-refractivity contribution is 5.75. The molecular formula is C6H9F3O3. The number of halogens is 3. The lowest BCUT2D eigenvalue weighted by Gasteiger charge is -2.12. The van der Waals surface area contributed by atoms with Crippen molar-refractivity contribution in [2.75, 3.05) is 6.61 Å². The summed E-state index contributed by atoms with van der Waals surface area (Å²) in [5.74, 6) is -1.65. The minimum atomic E-state index is -4.94. The Kier molecular flexibility index (Phi) is 4.02. The Bertz CT molecular complexity index is 155. The number of rotatable bonds is 3. The van der Waals surface area contributed by atoms with Gasteiger partial charge in [-0.2, -0.15) is 13.2 Å². The number of alkyl halides is 3. The van der Waals surface area contributed by atoms with E-state index in [-0.39, 0.29) is 6.61 Å². The summed E-state index contributed by atoms with van der Waals surface area (Å²) >= 11 is 0. The van der Waals surface area contributed by atoms with Crippen LogP contribution in [0.25, 0.3) is 0 Å². The van der Waals surface area contributed by atoms with Gasteiger partial charge in [-0.3, -0.25) is 0 Å². The summed E-state index contributed by atoms with van der Waals surface area (Å²) in [6, 6.07) is 0. The van der Waals surface area contributed by atoms with E-state index in [9.17, 15) is 18.0 Å². The van der Waals surface area contributed by atoms with Crippen LogP contribution in [-0.4, -0.2) is 30.0 Å². The maximum Gasteiger partial charge on any atom is 0.425 e. The largest absolute Gasteiger partial charge is 0.464 e. The molecule has 0 aliphatic carbocycles. The molecule has 1 N–H and O–H groups in total. The first-order valence-electron chi connectivity index (χ1n) is 3.31. The molecule has 6 heteroatoms. The molecule has 0 radical (unpaired) electrons. The molecule has 1 atom stereocenters. The van der Waals surface area contributed by atoms with E-state index in [4.69, 9.17) is 5.11 Å². The van der Waals surface area contributed by atoms with Crippen molar-refractivity contribution >= 4 is 5.97 Å². The molecule has 0 rings (SSSR count). The summed E-state index contributed by atoms with van der Waals surface area (Å²) in [5.41, 5.74) is 0. The smallest absolute Gasteiger partial charge is 0.425 e. The number of aliphatic hydroxyl groups excluding tert-OH is 1. The highest BCUT2D eigenvalue weighted by Gasteiger charge is 2.44. The molecule has 12 heavy (non-hydrogen) atoms. The molecular weight excluding hydrogens is 177 g/mol. The van der Waals surface area contributed by atoms with Crippen molar-refractivity contribution in [3.63, 3.8) is 0 Å². The Balaban J connectivity index is 3.94. The number of aliphatic hydroxyl groups is 1. The van der Waals surface area contributed by atoms with E-state index >= 15 is 0 Å². The lowest BCUT2D eigenvalue weighted by atomic mass is 10.3. The van der Waals surface area contributed by atoms with Crippen LogP contribution >= 0.6 is 0 Å². The maximum atomic E-state index is 11.6. The second-order valence-electron chi connectivity index (χ2n) is 2.11. The highest BCUT2D eigenvalue weighted by atomic mass is 19.4. The lowest BCUT2D eigenvalue weighted by molar-refractivity contribution is -0.217. The van der Waals surface area contributed by atoms with Crippen LogP contribution in [0.4, 0.5) is 13.2 Å². The molecule has 1 unspecified atom stereocenters. The highest BCUT2D eigenvalue weighted by Crippen LogP contribution is 2.20. The summed E-state index contributed by atoms with van der Waals surface area (Å²) in [6.07, 6.45) is -7.55. The fourth-order valence-corrected chi connectivity index (χ4v) is 0.415. The van der Waals surface area contributed by atoms with Crippen molar-refractivity contribution < 1.29 is 27.8 Å². The Morgan fingerprint density at radius 2 is 2.08 bits per heavy atom. The summed E-state index contributed by atoms with van der Waals surface area (Å²) in [7, 11) is 0. The molecule has 0 bridgehead atoms. The van der Waals surface area contributed by atoms with Crippen LogP contribution in [0.15, 0.2) is 0 Å². The van der Waals surface area contributed by atoms with Crippen molar-refractivity contribution in [2.24, 2.45) is 0 Å². The fourth-order valence-electron chi connectivity index (χ4n) is 0.415. The van der Waals surface area contributed by atoms with Crippen LogP contribution in [0.3, 0.4) is 0 Å². The van der Waals surface area contributed by atoms with Gasteiger partial charge in [0, 0.05) is 0 Å². The van der Waals surface area contributed by atoms with Crippen molar-refractivity contribution in [2.45, 2.75) is 25.6 Å². The van der Waals surface area contributed by atoms with Gasteiger partial charge in [0.2, 0.25) is 6.10 Å². The zero-order valence-electron chi connectivity index (χ0n) is 6.39. The second-order valence-corrected chi connectivity index (χ2v) is 2.11. The average molecular weight is 186 g/mol. The van der Waals surface area contributed by atoms with Crippen LogP contribution < -0.4 is 0 Å². The molecule has 0 aromatic heterocycles. The van der Waals surface area contributed by atoms with Crippen molar-refractivity contribution in [3.8, 4) is 0 Å². The third-order valence-electron chi connectivity index (χ3n) is 0.982. The molecule has 0 heterocycles. The minimum absolute atomic E-state index is 0.119. The van der Waals surface area contributed by atoms with E-state index in [2.05, 4.69) is 4.74 Å². The van der Waals surface area contributed by atoms with Gasteiger partial charge >= 0.3 is 12.1 Å². The molecule has 0 spiro atoms. The number of hydrogen-bond acceptors (Lipinski definition) is 3. The van der Waals surface area contributed by atoms with E-state index in [0.29, 0.717) is 6.42 Å². The van der Waals surface area contributed by atoms with Gasteiger partial charge in [-0.25, -0.2) is 4.79 Å². The molecule has 0 aliphatic heterocycles. The van der Waals surface area contributed by atoms with Crippen LogP contribution in [0.1, 0.15) is 13.3 Å². The summed E-state index contributed by atoms with van der Waals surface area (Å²) in [6.45, 7) is 1.51. The molecule has 0 saturated heterocycles. The van der Waals surface area contributed by atoms with Gasteiger partial charge in [-0.15, -0.1) is 0 Å². The number of hydrogen-bond donors (Lipinski definition) is 1. The van der Waals surface area contributed by atoms with E-state index in [1.807, 2.05) is 0 Å². The second kappa shape index (κ2) is 4.30. The fraction of sp³-hybridized carbons (Fsp3) is 0.833. The Hall–Kier alpha value is -0.780. The molecule has 0 aromatic rings. The van der Waals surface area contributed by atoms with E-state index in [0.717, 1.165) is 0 Å². The quantitative estimate of drug-likeness (QED) is 0.665. The minimum Gasteiger partial charge on any atom is -0.464 e. The van der Waals surface area contributed by atoms with Gasteiger partial charge in [-0.05, 0) is 6.42 Å². The topological polar surface area (TPSA) is 46.5 Å². The monoisotopic (exact) mass is 186 g/mol. The SMILES string of the molecule is CCCOC(=O)C(O)C(F)(F)F. The van der Waals surface area contributed by atoms with E-state index in [1.165, 1.54) is 0 Å². The number of carbonyl (C=O) groups is 1. The molecule has 72 valence electrons. The van der Waals surface area contributed by atoms with Gasteiger partial charge in [0.05, 0.1) is 6.61 Å². The summed E-state index contributed by atoms with van der Waals surface area (Å²) < 4.78 is 38.8. The van der Waals surface area contributed by atoms with Gasteiger partial charge in [0.25, 0.3) is 0 Å². The normalized spacial score (nSPS) is 14.1. The number of carbonyl (C=O) groups excluding carboxylic acids is 1. The molecule has 3 nitrogen and oxygen atoms in total. The van der Waals surface area contributed by atoms with E-state index < -0.39 is 18.2 Å². The first-order chi connectivity index (χ1) is 5.39. The third-order valence-corrected chi connectivity index (χ3v) is 0.982. The molecule has 0 aromatic carbocycles. The Morgan fingerprint density at radius 1 is 1.58 bits per heavy atom. The summed E-state index contributed by atoms with van der Waals surface area (Å²) in [5, 5.41) is 8.28.